The van der Waals surface area contributed by atoms with Gasteiger partial charge in [-0.15, -0.1) is 0 Å². The molecule has 1 saturated heterocycles. The van der Waals surface area contributed by atoms with E-state index in [0.717, 1.165) is 30.0 Å². The fraction of sp³-hybridized carbons (Fsp3) is 0.400. The van der Waals surface area contributed by atoms with Gasteiger partial charge < -0.3 is 29.0 Å². The van der Waals surface area contributed by atoms with E-state index in [1.54, 1.807) is 0 Å². The molecule has 0 unspecified atom stereocenters. The van der Waals surface area contributed by atoms with E-state index in [9.17, 15) is 4.79 Å². The Hall–Kier alpha value is -3.19. The Balaban J connectivity index is 1.51. The van der Waals surface area contributed by atoms with E-state index in [1.165, 1.54) is 5.39 Å². The molecule has 0 saturated carbocycles. The topological polar surface area (TPSA) is 65.0 Å². The van der Waals surface area contributed by atoms with Gasteiger partial charge in [-0.2, -0.15) is 0 Å². The lowest BCUT2D eigenvalue weighted by atomic mass is 10.2. The van der Waals surface area contributed by atoms with Crippen LogP contribution in [-0.2, 0) is 16.1 Å². The molecule has 2 aromatic carbocycles. The summed E-state index contributed by atoms with van der Waals surface area (Å²) in [5.41, 5.74) is 2.73. The molecule has 1 aliphatic rings. The summed E-state index contributed by atoms with van der Waals surface area (Å²) >= 11 is 0. The van der Waals surface area contributed by atoms with E-state index in [4.69, 9.17) is 14.2 Å². The molecule has 0 atom stereocenters. The van der Waals surface area contributed by atoms with Crippen LogP contribution in [0.2, 0.25) is 0 Å². The summed E-state index contributed by atoms with van der Waals surface area (Å²) in [6, 6.07) is 14.1. The molecule has 7 heteroatoms. The van der Waals surface area contributed by atoms with E-state index < -0.39 is 0 Å². The zero-order valence-electron chi connectivity index (χ0n) is 18.8. The molecule has 4 rings (SSSR count). The number of carbonyl (C=O) groups is 1. The Morgan fingerprint density at radius 1 is 1.03 bits per heavy atom. The number of rotatable bonds is 9. The van der Waals surface area contributed by atoms with E-state index >= 15 is 0 Å². The number of fused-ring (bicyclic) bond motifs is 1. The van der Waals surface area contributed by atoms with Gasteiger partial charge in [0.1, 0.15) is 11.5 Å². The minimum absolute atomic E-state index is 0.0645. The van der Waals surface area contributed by atoms with Crippen molar-refractivity contribution in [3.05, 3.63) is 48.7 Å². The number of aromatic nitrogens is 1. The normalized spacial score (nSPS) is 13.9. The average molecular weight is 438 g/mol. The van der Waals surface area contributed by atoms with Crippen LogP contribution in [0.3, 0.4) is 0 Å². The lowest BCUT2D eigenvalue weighted by Gasteiger charge is -2.31. The third kappa shape index (κ3) is 4.99. The molecule has 1 aromatic heterocycles. The van der Waals surface area contributed by atoms with Crippen LogP contribution in [0.4, 0.5) is 11.4 Å². The molecule has 7 nitrogen and oxygen atoms in total. The smallest absolute Gasteiger partial charge is 0.226 e. The van der Waals surface area contributed by atoms with Crippen molar-refractivity contribution in [3.8, 4) is 11.5 Å². The van der Waals surface area contributed by atoms with Crippen LogP contribution >= 0.6 is 0 Å². The lowest BCUT2D eigenvalue weighted by Crippen LogP contribution is -2.36. The van der Waals surface area contributed by atoms with Crippen molar-refractivity contribution in [2.75, 3.05) is 49.7 Å². The fourth-order valence-electron chi connectivity index (χ4n) is 4.01. The van der Waals surface area contributed by atoms with E-state index in [-0.39, 0.29) is 5.91 Å². The largest absolute Gasteiger partial charge is 0.492 e. The van der Waals surface area contributed by atoms with Crippen LogP contribution in [0.5, 0.6) is 11.5 Å². The molecule has 1 aliphatic heterocycles. The Labute approximate surface area is 188 Å². The van der Waals surface area contributed by atoms with Crippen molar-refractivity contribution in [1.82, 2.24) is 4.57 Å². The Kier molecular flexibility index (Phi) is 7.17. The molecule has 32 heavy (non-hydrogen) atoms. The van der Waals surface area contributed by atoms with Gasteiger partial charge in [0, 0.05) is 49.9 Å². The second-order valence-electron chi connectivity index (χ2n) is 7.65. The summed E-state index contributed by atoms with van der Waals surface area (Å²) in [5.74, 6) is 1.33. The first-order valence-corrected chi connectivity index (χ1v) is 11.3. The van der Waals surface area contributed by atoms with Crippen LogP contribution in [0.25, 0.3) is 10.9 Å². The highest BCUT2D eigenvalue weighted by Gasteiger charge is 2.20. The molecule has 170 valence electrons. The number of ether oxygens (including phenoxy) is 3. The molecule has 0 bridgehead atoms. The number of para-hydroxylation sites is 1. The maximum absolute atomic E-state index is 12.8. The summed E-state index contributed by atoms with van der Waals surface area (Å²) in [6.45, 7) is 8.50. The summed E-state index contributed by atoms with van der Waals surface area (Å²) in [6.07, 6.45) is 2.38. The van der Waals surface area contributed by atoms with Crippen molar-refractivity contribution < 1.29 is 19.0 Å². The number of amides is 1. The van der Waals surface area contributed by atoms with Crippen molar-refractivity contribution in [2.24, 2.45) is 0 Å². The van der Waals surface area contributed by atoms with E-state index in [2.05, 4.69) is 33.0 Å². The molecule has 0 aliphatic carbocycles. The number of carbonyl (C=O) groups excluding carboxylic acids is 1. The minimum Gasteiger partial charge on any atom is -0.492 e. The number of nitrogens with zero attached hydrogens (tertiary/aromatic N) is 2. The number of hydrogen-bond donors (Lipinski definition) is 1. The first-order chi connectivity index (χ1) is 15.7. The minimum atomic E-state index is -0.0645. The van der Waals surface area contributed by atoms with Gasteiger partial charge in [-0.05, 0) is 31.4 Å². The summed E-state index contributed by atoms with van der Waals surface area (Å²) in [5, 5.41) is 4.21. The molecule has 1 fully saturated rings. The quantitative estimate of drug-likeness (QED) is 0.541. The zero-order chi connectivity index (χ0) is 22.3. The zero-order valence-corrected chi connectivity index (χ0v) is 18.8. The highest BCUT2D eigenvalue weighted by molar-refractivity contribution is 5.93. The monoisotopic (exact) mass is 437 g/mol. The molecule has 0 radical (unpaired) electrons. The molecular weight excluding hydrogens is 406 g/mol. The average Bonchev–Trinajstić information content (AvgIpc) is 3.23. The second-order valence-corrected chi connectivity index (χ2v) is 7.65. The first-order valence-electron chi connectivity index (χ1n) is 11.3. The molecule has 0 spiro atoms. The van der Waals surface area contributed by atoms with Crippen molar-refractivity contribution in [3.63, 3.8) is 0 Å². The fourth-order valence-corrected chi connectivity index (χ4v) is 4.01. The number of nitrogens with one attached hydrogen (secondary N) is 1. The molecule has 2 heterocycles. The Morgan fingerprint density at radius 2 is 1.78 bits per heavy atom. The van der Waals surface area contributed by atoms with E-state index in [0.29, 0.717) is 50.8 Å². The predicted octanol–water partition coefficient (Wildman–Crippen LogP) is 4.30. The van der Waals surface area contributed by atoms with Crippen LogP contribution < -0.4 is 19.7 Å². The van der Waals surface area contributed by atoms with Crippen molar-refractivity contribution in [2.45, 2.75) is 26.8 Å². The summed E-state index contributed by atoms with van der Waals surface area (Å²) in [7, 11) is 0. The van der Waals surface area contributed by atoms with Gasteiger partial charge in [0.05, 0.1) is 37.8 Å². The molecular formula is C25H31N3O4. The number of morpholine rings is 1. The molecule has 1 amide bonds. The number of aryl methyl sites for hydroxylation is 1. The van der Waals surface area contributed by atoms with Gasteiger partial charge in [-0.3, -0.25) is 4.79 Å². The third-order valence-corrected chi connectivity index (χ3v) is 5.55. The standard InChI is InChI=1S/C25H31N3O4/c1-3-31-23-18-22(28-13-15-30-16-14-28)24(32-4-2)17-20(23)26-25(29)10-12-27-11-9-19-7-5-6-8-21(19)27/h5-9,11,17-18H,3-4,10,12-16H2,1-2H3,(H,26,29). The second kappa shape index (κ2) is 10.4. The lowest BCUT2D eigenvalue weighted by molar-refractivity contribution is -0.116. The van der Waals surface area contributed by atoms with Crippen LogP contribution in [-0.4, -0.2) is 50.0 Å². The van der Waals surface area contributed by atoms with Gasteiger partial charge in [0.25, 0.3) is 0 Å². The molecule has 1 N–H and O–H groups in total. The first kappa shape index (κ1) is 22.0. The van der Waals surface area contributed by atoms with Gasteiger partial charge in [-0.25, -0.2) is 0 Å². The van der Waals surface area contributed by atoms with Gasteiger partial charge in [0.2, 0.25) is 5.91 Å². The maximum Gasteiger partial charge on any atom is 0.226 e. The number of anilines is 2. The molecule has 3 aromatic rings. The Morgan fingerprint density at radius 3 is 2.56 bits per heavy atom. The highest BCUT2D eigenvalue weighted by atomic mass is 16.5. The summed E-state index contributed by atoms with van der Waals surface area (Å²) in [4.78, 5) is 15.0. The SMILES string of the molecule is CCOc1cc(N2CCOCC2)c(OCC)cc1NC(=O)CCn1ccc2ccccc21. The highest BCUT2D eigenvalue weighted by Crippen LogP contribution is 2.39. The summed E-state index contributed by atoms with van der Waals surface area (Å²) < 4.78 is 19.4. The predicted molar refractivity (Wildman–Crippen MR) is 127 cm³/mol. The van der Waals surface area contributed by atoms with Crippen molar-refractivity contribution >= 4 is 28.2 Å². The van der Waals surface area contributed by atoms with Gasteiger partial charge in [0.15, 0.2) is 0 Å². The number of hydrogen-bond acceptors (Lipinski definition) is 5. The van der Waals surface area contributed by atoms with Crippen LogP contribution in [0.15, 0.2) is 48.7 Å². The van der Waals surface area contributed by atoms with Gasteiger partial charge >= 0.3 is 0 Å². The number of benzene rings is 2. The van der Waals surface area contributed by atoms with Gasteiger partial charge in [-0.1, -0.05) is 18.2 Å². The van der Waals surface area contributed by atoms with Crippen LogP contribution in [0.1, 0.15) is 20.3 Å². The Bertz CT molecular complexity index is 1060. The third-order valence-electron chi connectivity index (χ3n) is 5.55. The van der Waals surface area contributed by atoms with Crippen LogP contribution in [0, 0.1) is 0 Å². The van der Waals surface area contributed by atoms with Crippen molar-refractivity contribution in [1.29, 1.82) is 0 Å². The van der Waals surface area contributed by atoms with E-state index in [1.807, 2.05) is 44.3 Å². The maximum atomic E-state index is 12.8.